The highest BCUT2D eigenvalue weighted by Crippen LogP contribution is 2.37. The van der Waals surface area contributed by atoms with Crippen LogP contribution in [0.15, 0.2) is 154 Å². The van der Waals surface area contributed by atoms with Crippen molar-refractivity contribution in [3.63, 3.8) is 0 Å². The van der Waals surface area contributed by atoms with Crippen LogP contribution in [-0.2, 0) is 0 Å². The molecule has 1 atom stereocenters. The van der Waals surface area contributed by atoms with Gasteiger partial charge in [-0.1, -0.05) is 121 Å². The van der Waals surface area contributed by atoms with E-state index in [1.807, 2.05) is 36.4 Å². The Bertz CT molecular complexity index is 2120. The van der Waals surface area contributed by atoms with Gasteiger partial charge in [0.25, 0.3) is 0 Å². The lowest BCUT2D eigenvalue weighted by Gasteiger charge is -2.22. The van der Waals surface area contributed by atoms with Gasteiger partial charge in [0, 0.05) is 16.3 Å². The maximum Gasteiger partial charge on any atom is 0.169 e. The van der Waals surface area contributed by atoms with Gasteiger partial charge in [0.1, 0.15) is 22.8 Å². The summed E-state index contributed by atoms with van der Waals surface area (Å²) in [7, 11) is 0. The van der Waals surface area contributed by atoms with Crippen molar-refractivity contribution in [1.82, 2.24) is 5.32 Å². The zero-order valence-electron chi connectivity index (χ0n) is 22.2. The van der Waals surface area contributed by atoms with Crippen LogP contribution in [0.25, 0.3) is 43.8 Å². The Morgan fingerprint density at radius 2 is 1.20 bits per heavy atom. The smallest absolute Gasteiger partial charge is 0.169 e. The fourth-order valence-electron chi connectivity index (χ4n) is 5.73. The molecule has 0 spiro atoms. The third-order valence-corrected chi connectivity index (χ3v) is 7.74. The van der Waals surface area contributed by atoms with E-state index in [1.54, 1.807) is 0 Å². The van der Waals surface area contributed by atoms with Crippen molar-refractivity contribution >= 4 is 44.4 Å². The lowest BCUT2D eigenvalue weighted by atomic mass is 9.97. The first-order valence-electron chi connectivity index (χ1n) is 13.8. The normalized spacial score (nSPS) is 15.1. The van der Waals surface area contributed by atoms with Crippen LogP contribution in [-0.4, -0.2) is 11.7 Å². The number of hydrogen-bond donors (Lipinski definition) is 1. The molecule has 4 heteroatoms. The molecule has 1 N–H and O–H groups in total. The van der Waals surface area contributed by atoms with Crippen molar-refractivity contribution in [3.05, 3.63) is 156 Å². The van der Waals surface area contributed by atoms with Gasteiger partial charge in [0.15, 0.2) is 6.17 Å². The van der Waals surface area contributed by atoms with Gasteiger partial charge in [-0.2, -0.15) is 0 Å². The van der Waals surface area contributed by atoms with Crippen LogP contribution in [0, 0.1) is 0 Å². The molecule has 1 aliphatic heterocycles. The van der Waals surface area contributed by atoms with Gasteiger partial charge in [-0.05, 0) is 45.7 Å². The molecular formula is C37H25N3O. The maximum atomic E-state index is 6.54. The molecule has 1 aromatic heterocycles. The summed E-state index contributed by atoms with van der Waals surface area (Å²) in [6.07, 6.45) is -0.361. The quantitative estimate of drug-likeness (QED) is 0.248. The number of furan rings is 1. The number of fused-ring (bicyclic) bond motifs is 4. The highest BCUT2D eigenvalue weighted by atomic mass is 16.3. The monoisotopic (exact) mass is 527 g/mol. The molecule has 7 aromatic rings. The lowest BCUT2D eigenvalue weighted by molar-refractivity contribution is 0.667. The molecule has 0 amide bonds. The Balaban J connectivity index is 1.27. The van der Waals surface area contributed by atoms with Crippen LogP contribution >= 0.6 is 0 Å². The second-order valence-electron chi connectivity index (χ2n) is 10.3. The average molecular weight is 528 g/mol. The van der Waals surface area contributed by atoms with Gasteiger partial charge in [-0.25, -0.2) is 9.98 Å². The Hall–Kier alpha value is -5.48. The number of benzene rings is 6. The second kappa shape index (κ2) is 9.61. The number of aliphatic imine (C=N–C) groups is 2. The number of rotatable bonds is 4. The molecule has 4 nitrogen and oxygen atoms in total. The van der Waals surface area contributed by atoms with E-state index in [-0.39, 0.29) is 6.17 Å². The number of amidine groups is 2. The van der Waals surface area contributed by atoms with Gasteiger partial charge in [0.2, 0.25) is 0 Å². The molecule has 8 rings (SSSR count). The van der Waals surface area contributed by atoms with Crippen LogP contribution in [0.3, 0.4) is 0 Å². The lowest BCUT2D eigenvalue weighted by Crippen LogP contribution is -2.36. The summed E-state index contributed by atoms with van der Waals surface area (Å²) in [5.74, 6) is 1.53. The Morgan fingerprint density at radius 3 is 2.07 bits per heavy atom. The molecule has 0 saturated carbocycles. The SMILES string of the molecule is c1ccc(C2=NC(c3ccccc3)N=C(c3cccc4c3oc3ccc(-c5cccc6ccccc56)cc34)N2)cc1. The molecular weight excluding hydrogens is 502 g/mol. The Kier molecular flexibility index (Phi) is 5.49. The molecule has 0 radical (unpaired) electrons. The Labute approximate surface area is 237 Å². The first-order chi connectivity index (χ1) is 20.3. The van der Waals surface area contributed by atoms with E-state index in [2.05, 4.69) is 108 Å². The predicted molar refractivity (Wildman–Crippen MR) is 168 cm³/mol. The molecule has 0 fully saturated rings. The highest BCUT2D eigenvalue weighted by Gasteiger charge is 2.23. The van der Waals surface area contributed by atoms with Crippen molar-refractivity contribution in [2.24, 2.45) is 9.98 Å². The molecule has 0 bridgehead atoms. The summed E-state index contributed by atoms with van der Waals surface area (Å²) in [5, 5.41) is 8.13. The average Bonchev–Trinajstić information content (AvgIpc) is 3.43. The summed E-state index contributed by atoms with van der Waals surface area (Å²) in [4.78, 5) is 10.1. The number of para-hydroxylation sites is 1. The minimum atomic E-state index is -0.361. The fraction of sp³-hybridized carbons (Fsp3) is 0.0270. The van der Waals surface area contributed by atoms with E-state index in [9.17, 15) is 0 Å². The predicted octanol–water partition coefficient (Wildman–Crippen LogP) is 8.90. The van der Waals surface area contributed by atoms with Crippen LogP contribution in [0.2, 0.25) is 0 Å². The summed E-state index contributed by atoms with van der Waals surface area (Å²) >= 11 is 0. The minimum absolute atomic E-state index is 0.361. The van der Waals surface area contributed by atoms with E-state index in [0.717, 1.165) is 55.9 Å². The molecule has 194 valence electrons. The van der Waals surface area contributed by atoms with E-state index < -0.39 is 0 Å². The first kappa shape index (κ1) is 23.4. The summed E-state index contributed by atoms with van der Waals surface area (Å²) in [6.45, 7) is 0. The third-order valence-electron chi connectivity index (χ3n) is 7.74. The van der Waals surface area contributed by atoms with Crippen LogP contribution in [0.4, 0.5) is 0 Å². The third kappa shape index (κ3) is 4.09. The molecule has 1 aliphatic rings. The standard InChI is InChI=1S/C37H25N3O/c1-3-12-25(13-4-1)35-38-36(26-14-5-2-6-15-26)40-37(39-35)31-20-10-19-30-32-23-27(21-22-33(32)41-34(30)31)29-18-9-16-24-11-7-8-17-28(24)29/h1-23,35H,(H,38,39,40). The van der Waals surface area contributed by atoms with Crippen LogP contribution < -0.4 is 5.32 Å². The van der Waals surface area contributed by atoms with Crippen molar-refractivity contribution in [1.29, 1.82) is 0 Å². The molecule has 2 heterocycles. The highest BCUT2D eigenvalue weighted by molar-refractivity contribution is 6.21. The number of nitrogens with zero attached hydrogens (tertiary/aromatic N) is 2. The van der Waals surface area contributed by atoms with Crippen LogP contribution in [0.5, 0.6) is 0 Å². The van der Waals surface area contributed by atoms with E-state index in [4.69, 9.17) is 14.4 Å². The number of hydrogen-bond acceptors (Lipinski definition) is 4. The minimum Gasteiger partial charge on any atom is -0.455 e. The second-order valence-corrected chi connectivity index (χ2v) is 10.3. The van der Waals surface area contributed by atoms with Gasteiger partial charge in [-0.15, -0.1) is 0 Å². The van der Waals surface area contributed by atoms with E-state index >= 15 is 0 Å². The van der Waals surface area contributed by atoms with Crippen molar-refractivity contribution < 1.29 is 4.42 Å². The van der Waals surface area contributed by atoms with Gasteiger partial charge >= 0.3 is 0 Å². The van der Waals surface area contributed by atoms with Crippen molar-refractivity contribution in [2.45, 2.75) is 6.17 Å². The van der Waals surface area contributed by atoms with E-state index in [0.29, 0.717) is 0 Å². The molecule has 1 unspecified atom stereocenters. The summed E-state index contributed by atoms with van der Waals surface area (Å²) in [6, 6.07) is 48.1. The van der Waals surface area contributed by atoms with Gasteiger partial charge < -0.3 is 9.73 Å². The van der Waals surface area contributed by atoms with E-state index in [1.165, 1.54) is 16.3 Å². The molecule has 41 heavy (non-hydrogen) atoms. The topological polar surface area (TPSA) is 49.9 Å². The van der Waals surface area contributed by atoms with Crippen molar-refractivity contribution in [2.75, 3.05) is 0 Å². The fourth-order valence-corrected chi connectivity index (χ4v) is 5.73. The maximum absolute atomic E-state index is 6.54. The zero-order chi connectivity index (χ0) is 27.2. The van der Waals surface area contributed by atoms with Gasteiger partial charge in [0.05, 0.1) is 5.56 Å². The first-order valence-corrected chi connectivity index (χ1v) is 13.8. The van der Waals surface area contributed by atoms with Crippen molar-refractivity contribution in [3.8, 4) is 11.1 Å². The largest absolute Gasteiger partial charge is 0.455 e. The number of nitrogens with one attached hydrogen (secondary N) is 1. The van der Waals surface area contributed by atoms with Crippen LogP contribution in [0.1, 0.15) is 22.9 Å². The Morgan fingerprint density at radius 1 is 0.512 bits per heavy atom. The molecule has 6 aromatic carbocycles. The summed E-state index contributed by atoms with van der Waals surface area (Å²) < 4.78 is 6.54. The zero-order valence-corrected chi connectivity index (χ0v) is 22.2. The molecule has 0 aliphatic carbocycles. The summed E-state index contributed by atoms with van der Waals surface area (Å²) in [5.41, 5.74) is 7.00. The van der Waals surface area contributed by atoms with Gasteiger partial charge in [-0.3, -0.25) is 0 Å². The molecule has 0 saturated heterocycles.